The molecule has 0 saturated carbocycles. The number of hydrogen-bond acceptors (Lipinski definition) is 3. The van der Waals surface area contributed by atoms with Gasteiger partial charge in [0.15, 0.2) is 0 Å². The second-order valence-corrected chi connectivity index (χ2v) is 1.70. The highest BCUT2D eigenvalue weighted by Crippen LogP contribution is 1.84. The molecule has 9 heavy (non-hydrogen) atoms. The highest BCUT2D eigenvalue weighted by molar-refractivity contribution is 7.71. The monoisotopic (exact) mass is 145 g/mol. The van der Waals surface area contributed by atoms with Gasteiger partial charge in [-0.1, -0.05) is 0 Å². The van der Waals surface area contributed by atoms with E-state index in [9.17, 15) is 4.79 Å². The van der Waals surface area contributed by atoms with E-state index in [0.29, 0.717) is 0 Å². The molecule has 0 aromatic carbocycles. The van der Waals surface area contributed by atoms with Crippen LogP contribution in [0.25, 0.3) is 0 Å². The van der Waals surface area contributed by atoms with E-state index in [1.54, 1.807) is 0 Å². The molecular weight excluding hydrogens is 142 g/mol. The van der Waals surface area contributed by atoms with Gasteiger partial charge < -0.3 is 5.11 Å². The minimum Gasteiger partial charge on any atom is -0.464 e. The Morgan fingerprint density at radius 3 is 2.89 bits per heavy atom. The summed E-state index contributed by atoms with van der Waals surface area (Å²) in [6.07, 6.45) is -0.0289. The molecule has 5 nitrogen and oxygen atoms in total. The van der Waals surface area contributed by atoms with Crippen LogP contribution in [0.5, 0.6) is 0 Å². The van der Waals surface area contributed by atoms with Crippen LogP contribution in [0.1, 0.15) is 0 Å². The maximum absolute atomic E-state index is 10.1. The number of carboxylic acid groups (broad SMARTS) is 1. The summed E-state index contributed by atoms with van der Waals surface area (Å²) in [5, 5.41) is 14.0. The first kappa shape index (κ1) is 5.96. The summed E-state index contributed by atoms with van der Waals surface area (Å²) in [4.78, 5) is 10.1. The molecule has 0 saturated heterocycles. The zero-order chi connectivity index (χ0) is 6.85. The number of aromatic nitrogens is 3. The second kappa shape index (κ2) is 1.98. The van der Waals surface area contributed by atoms with Gasteiger partial charge in [-0.2, -0.15) is 5.10 Å². The quantitative estimate of drug-likeness (QED) is 0.520. The van der Waals surface area contributed by atoms with Gasteiger partial charge in [-0.15, -0.1) is 0 Å². The van der Waals surface area contributed by atoms with Crippen molar-refractivity contribution < 1.29 is 9.90 Å². The van der Waals surface area contributed by atoms with E-state index in [4.69, 9.17) is 5.11 Å². The molecule has 0 bridgehead atoms. The molecule has 0 aliphatic rings. The number of nitrogens with one attached hydrogen (secondary N) is 1. The molecule has 0 atom stereocenters. The maximum Gasteiger partial charge on any atom is 0.419 e. The van der Waals surface area contributed by atoms with E-state index < -0.39 is 6.09 Å². The Kier molecular flexibility index (Phi) is 1.31. The molecule has 0 unspecified atom stereocenters. The van der Waals surface area contributed by atoms with Crippen LogP contribution in [0.4, 0.5) is 4.79 Å². The number of hydrogen-bond donors (Lipinski definition) is 2. The smallest absolute Gasteiger partial charge is 0.419 e. The largest absolute Gasteiger partial charge is 0.464 e. The summed E-state index contributed by atoms with van der Waals surface area (Å²) < 4.78 is 0.900. The van der Waals surface area contributed by atoms with Gasteiger partial charge in [0, 0.05) is 0 Å². The summed E-state index contributed by atoms with van der Waals surface area (Å²) in [6.45, 7) is 0. The Labute approximate surface area is 54.9 Å². The van der Waals surface area contributed by atoms with Crippen LogP contribution in [0.2, 0.25) is 0 Å². The molecule has 0 radical (unpaired) electrons. The first-order chi connectivity index (χ1) is 4.22. The van der Waals surface area contributed by atoms with Crippen molar-refractivity contribution in [3.05, 3.63) is 11.1 Å². The Bertz CT molecular complexity index is 275. The van der Waals surface area contributed by atoms with E-state index >= 15 is 0 Å². The highest BCUT2D eigenvalue weighted by Gasteiger charge is 1.99. The third-order valence-electron chi connectivity index (χ3n) is 0.758. The SMILES string of the molecule is O=C(O)n1cn[nH]c1=S. The third-order valence-corrected chi connectivity index (χ3v) is 1.05. The van der Waals surface area contributed by atoms with Gasteiger partial charge in [-0.3, -0.25) is 5.10 Å². The molecule has 0 amide bonds. The third kappa shape index (κ3) is 0.968. The predicted octanol–water partition coefficient (Wildman–Crippen LogP) is 0.467. The van der Waals surface area contributed by atoms with Gasteiger partial charge in [0.05, 0.1) is 0 Å². The van der Waals surface area contributed by atoms with Crippen LogP contribution in [0, 0.1) is 4.77 Å². The number of carbonyl (C=O) groups is 1. The Balaban J connectivity index is 3.24. The van der Waals surface area contributed by atoms with E-state index in [-0.39, 0.29) is 4.77 Å². The van der Waals surface area contributed by atoms with Gasteiger partial charge >= 0.3 is 6.09 Å². The van der Waals surface area contributed by atoms with Crippen LogP contribution in [0.15, 0.2) is 6.33 Å². The standard InChI is InChI=1S/C3H3N3O2S/c7-3(8)6-1-4-5-2(6)9/h1H,(H,5,9)(H,7,8). The second-order valence-electron chi connectivity index (χ2n) is 1.31. The Morgan fingerprint density at radius 2 is 2.67 bits per heavy atom. The fourth-order valence-corrected chi connectivity index (χ4v) is 0.562. The van der Waals surface area contributed by atoms with Crippen LogP contribution < -0.4 is 0 Å². The summed E-state index contributed by atoms with van der Waals surface area (Å²) >= 11 is 4.53. The highest BCUT2D eigenvalue weighted by atomic mass is 32.1. The number of rotatable bonds is 0. The Hall–Kier alpha value is -1.17. The van der Waals surface area contributed by atoms with E-state index in [1.165, 1.54) is 0 Å². The van der Waals surface area contributed by atoms with Gasteiger partial charge in [0.25, 0.3) is 0 Å². The molecule has 2 N–H and O–H groups in total. The molecule has 48 valence electrons. The summed E-state index contributed by atoms with van der Waals surface area (Å²) in [6, 6.07) is 0. The van der Waals surface area contributed by atoms with E-state index in [1.807, 2.05) is 0 Å². The average molecular weight is 145 g/mol. The minimum atomic E-state index is -1.13. The van der Waals surface area contributed by atoms with Gasteiger partial charge in [-0.25, -0.2) is 9.36 Å². The molecule has 0 aliphatic carbocycles. The zero-order valence-electron chi connectivity index (χ0n) is 4.24. The van der Waals surface area contributed by atoms with Crippen molar-refractivity contribution in [3.8, 4) is 0 Å². The molecule has 1 aromatic heterocycles. The van der Waals surface area contributed by atoms with Crippen molar-refractivity contribution in [1.82, 2.24) is 14.8 Å². The number of aromatic amines is 1. The van der Waals surface area contributed by atoms with Crippen molar-refractivity contribution >= 4 is 18.3 Å². The average Bonchev–Trinajstić information content (AvgIpc) is 2.13. The predicted molar refractivity (Wildman–Crippen MR) is 30.8 cm³/mol. The minimum absolute atomic E-state index is 0.0856. The van der Waals surface area contributed by atoms with Crippen molar-refractivity contribution in [1.29, 1.82) is 0 Å². The number of H-pyrrole nitrogens is 1. The lowest BCUT2D eigenvalue weighted by molar-refractivity contribution is 0.196. The molecule has 0 aliphatic heterocycles. The van der Waals surface area contributed by atoms with Gasteiger partial charge in [0.2, 0.25) is 4.77 Å². The molecule has 1 rings (SSSR count). The van der Waals surface area contributed by atoms with Gasteiger partial charge in [-0.05, 0) is 12.2 Å². The molecule has 0 fully saturated rings. The normalized spacial score (nSPS) is 9.33. The molecule has 1 aromatic rings. The Morgan fingerprint density at radius 1 is 2.00 bits per heavy atom. The topological polar surface area (TPSA) is 70.9 Å². The van der Waals surface area contributed by atoms with Crippen molar-refractivity contribution in [2.24, 2.45) is 0 Å². The lowest BCUT2D eigenvalue weighted by atomic mass is 11.0. The zero-order valence-corrected chi connectivity index (χ0v) is 5.05. The summed E-state index contributed by atoms with van der Waals surface area (Å²) in [7, 11) is 0. The lowest BCUT2D eigenvalue weighted by Gasteiger charge is -1.85. The van der Waals surface area contributed by atoms with Gasteiger partial charge in [0.1, 0.15) is 6.33 Å². The molecule has 0 spiro atoms. The number of nitrogens with zero attached hydrogens (tertiary/aromatic N) is 2. The summed E-state index contributed by atoms with van der Waals surface area (Å²) in [5.41, 5.74) is 0. The fourth-order valence-electron chi connectivity index (χ4n) is 0.384. The van der Waals surface area contributed by atoms with Crippen molar-refractivity contribution in [2.45, 2.75) is 0 Å². The van der Waals surface area contributed by atoms with Crippen molar-refractivity contribution in [2.75, 3.05) is 0 Å². The van der Waals surface area contributed by atoms with Crippen LogP contribution >= 0.6 is 12.2 Å². The van der Waals surface area contributed by atoms with Crippen molar-refractivity contribution in [3.63, 3.8) is 0 Å². The lowest BCUT2D eigenvalue weighted by Crippen LogP contribution is -2.05. The fraction of sp³-hybridized carbons (Fsp3) is 0. The maximum atomic E-state index is 10.1. The molecule has 6 heteroatoms. The summed E-state index contributed by atoms with van der Waals surface area (Å²) in [5.74, 6) is 0. The van der Waals surface area contributed by atoms with Crippen LogP contribution in [-0.2, 0) is 0 Å². The first-order valence-corrected chi connectivity index (χ1v) is 2.48. The van der Waals surface area contributed by atoms with E-state index in [0.717, 1.165) is 10.9 Å². The van der Waals surface area contributed by atoms with Crippen LogP contribution in [0.3, 0.4) is 0 Å². The molecule has 1 heterocycles. The first-order valence-electron chi connectivity index (χ1n) is 2.07. The van der Waals surface area contributed by atoms with Crippen LogP contribution in [-0.4, -0.2) is 26.0 Å². The van der Waals surface area contributed by atoms with E-state index in [2.05, 4.69) is 22.4 Å². The molecular formula is C3H3N3O2S.